The second-order valence-electron chi connectivity index (χ2n) is 5.94. The molecule has 1 aromatic carbocycles. The lowest BCUT2D eigenvalue weighted by Crippen LogP contribution is -2.16. The van der Waals surface area contributed by atoms with Gasteiger partial charge in [-0.3, -0.25) is 0 Å². The smallest absolute Gasteiger partial charge is 0.176 e. The summed E-state index contributed by atoms with van der Waals surface area (Å²) in [5.41, 5.74) is 0.465. The molecule has 1 N–H and O–H groups in total. The fourth-order valence-electron chi connectivity index (χ4n) is 1.94. The van der Waals surface area contributed by atoms with E-state index in [0.29, 0.717) is 18.0 Å². The van der Waals surface area contributed by atoms with Crippen molar-refractivity contribution in [2.75, 3.05) is 6.61 Å². The molecule has 104 valence electrons. The first-order valence-corrected chi connectivity index (χ1v) is 6.77. The number of rotatable bonds is 4. The summed E-state index contributed by atoms with van der Waals surface area (Å²) >= 11 is 0. The van der Waals surface area contributed by atoms with Crippen molar-refractivity contribution >= 4 is 11.0 Å². The van der Waals surface area contributed by atoms with Gasteiger partial charge in [-0.15, -0.1) is 0 Å². The lowest BCUT2D eigenvalue weighted by Gasteiger charge is -2.23. The number of aliphatic hydroxyl groups excluding tert-OH is 1. The number of benzene rings is 1. The molecule has 1 atom stereocenters. The summed E-state index contributed by atoms with van der Waals surface area (Å²) in [4.78, 5) is 0. The van der Waals surface area contributed by atoms with Crippen LogP contribution in [0.1, 0.15) is 46.0 Å². The van der Waals surface area contributed by atoms with Crippen molar-refractivity contribution in [1.29, 1.82) is 0 Å². The highest BCUT2D eigenvalue weighted by atomic mass is 16.5. The van der Waals surface area contributed by atoms with Crippen molar-refractivity contribution in [2.24, 2.45) is 5.41 Å². The van der Waals surface area contributed by atoms with Crippen LogP contribution in [0, 0.1) is 5.41 Å². The van der Waals surface area contributed by atoms with Gasteiger partial charge in [0.1, 0.15) is 11.9 Å². The van der Waals surface area contributed by atoms with E-state index in [1.807, 2.05) is 45.0 Å². The van der Waals surface area contributed by atoms with E-state index in [9.17, 15) is 5.11 Å². The Kier molecular flexibility index (Phi) is 3.85. The third-order valence-corrected chi connectivity index (χ3v) is 3.08. The molecule has 0 spiro atoms. The molecule has 2 rings (SSSR count). The van der Waals surface area contributed by atoms with E-state index in [-0.39, 0.29) is 5.41 Å². The van der Waals surface area contributed by atoms with E-state index in [1.165, 1.54) is 0 Å². The Morgan fingerprint density at radius 1 is 1.32 bits per heavy atom. The molecule has 0 aliphatic heterocycles. The maximum atomic E-state index is 10.3. The summed E-state index contributed by atoms with van der Waals surface area (Å²) in [5.74, 6) is 1.33. The Bertz CT molecular complexity index is 549. The Balaban J connectivity index is 2.40. The van der Waals surface area contributed by atoms with E-state index in [2.05, 4.69) is 6.92 Å². The van der Waals surface area contributed by atoms with Gasteiger partial charge in [0.25, 0.3) is 0 Å². The van der Waals surface area contributed by atoms with Gasteiger partial charge in [-0.25, -0.2) is 0 Å². The van der Waals surface area contributed by atoms with Crippen molar-refractivity contribution in [3.8, 4) is 5.75 Å². The van der Waals surface area contributed by atoms with Crippen LogP contribution in [0.25, 0.3) is 11.0 Å². The van der Waals surface area contributed by atoms with Crippen LogP contribution >= 0.6 is 0 Å². The van der Waals surface area contributed by atoms with Gasteiger partial charge in [0.2, 0.25) is 0 Å². The molecule has 0 aliphatic carbocycles. The van der Waals surface area contributed by atoms with Crippen molar-refractivity contribution in [3.05, 3.63) is 30.0 Å². The zero-order chi connectivity index (χ0) is 14.0. The van der Waals surface area contributed by atoms with E-state index >= 15 is 0 Å². The molecule has 0 amide bonds. The molecule has 19 heavy (non-hydrogen) atoms. The largest absolute Gasteiger partial charge is 0.490 e. The van der Waals surface area contributed by atoms with Crippen LogP contribution in [0.4, 0.5) is 0 Å². The molecule has 3 nitrogen and oxygen atoms in total. The topological polar surface area (TPSA) is 42.6 Å². The van der Waals surface area contributed by atoms with Gasteiger partial charge in [-0.2, -0.15) is 0 Å². The van der Waals surface area contributed by atoms with Crippen LogP contribution in [0.2, 0.25) is 0 Å². The van der Waals surface area contributed by atoms with E-state index in [4.69, 9.17) is 9.15 Å². The summed E-state index contributed by atoms with van der Waals surface area (Å²) in [5, 5.41) is 11.3. The molecular formula is C16H22O3. The highest BCUT2D eigenvalue weighted by molar-refractivity contribution is 5.83. The molecule has 0 saturated carbocycles. The number of hydrogen-bond acceptors (Lipinski definition) is 3. The number of ether oxygens (including phenoxy) is 1. The predicted molar refractivity (Wildman–Crippen MR) is 76.4 cm³/mol. The van der Waals surface area contributed by atoms with Crippen molar-refractivity contribution in [1.82, 2.24) is 0 Å². The first-order chi connectivity index (χ1) is 8.93. The second-order valence-corrected chi connectivity index (χ2v) is 5.94. The van der Waals surface area contributed by atoms with Gasteiger partial charge in [0.05, 0.1) is 6.61 Å². The summed E-state index contributed by atoms with van der Waals surface area (Å²) in [6, 6.07) is 7.70. The van der Waals surface area contributed by atoms with Gasteiger partial charge in [0, 0.05) is 5.39 Å². The van der Waals surface area contributed by atoms with Crippen LogP contribution in [-0.2, 0) is 0 Å². The quantitative estimate of drug-likeness (QED) is 0.893. The Labute approximate surface area is 114 Å². The van der Waals surface area contributed by atoms with Gasteiger partial charge >= 0.3 is 0 Å². The van der Waals surface area contributed by atoms with Crippen LogP contribution in [0.5, 0.6) is 5.75 Å². The monoisotopic (exact) mass is 262 g/mol. The van der Waals surface area contributed by atoms with Crippen LogP contribution in [0.3, 0.4) is 0 Å². The normalized spacial score (nSPS) is 13.7. The molecule has 0 radical (unpaired) electrons. The average Bonchev–Trinajstić information content (AvgIpc) is 2.78. The van der Waals surface area contributed by atoms with E-state index in [0.717, 1.165) is 17.6 Å². The van der Waals surface area contributed by atoms with E-state index < -0.39 is 6.10 Å². The Morgan fingerprint density at radius 2 is 2.05 bits per heavy atom. The molecule has 0 saturated heterocycles. The lowest BCUT2D eigenvalue weighted by molar-refractivity contribution is 0.0447. The number of para-hydroxylation sites is 1. The summed E-state index contributed by atoms with van der Waals surface area (Å²) in [7, 11) is 0. The van der Waals surface area contributed by atoms with Gasteiger partial charge in [0.15, 0.2) is 11.3 Å². The summed E-state index contributed by atoms with van der Waals surface area (Å²) < 4.78 is 11.5. The number of fused-ring (bicyclic) bond motifs is 1. The minimum atomic E-state index is -0.626. The lowest BCUT2D eigenvalue weighted by atomic mass is 9.88. The SMILES string of the molecule is CCCOc1cccc2cc(C(O)C(C)(C)C)oc12. The van der Waals surface area contributed by atoms with Crippen molar-refractivity contribution in [3.63, 3.8) is 0 Å². The molecule has 1 aromatic heterocycles. The van der Waals surface area contributed by atoms with Crippen molar-refractivity contribution in [2.45, 2.75) is 40.2 Å². The summed E-state index contributed by atoms with van der Waals surface area (Å²) in [6.07, 6.45) is 0.327. The number of aliphatic hydroxyl groups is 1. The molecule has 0 bridgehead atoms. The fraction of sp³-hybridized carbons (Fsp3) is 0.500. The Morgan fingerprint density at radius 3 is 2.68 bits per heavy atom. The predicted octanol–water partition coefficient (Wildman–Crippen LogP) is 4.30. The van der Waals surface area contributed by atoms with Crippen LogP contribution in [0.15, 0.2) is 28.7 Å². The first kappa shape index (κ1) is 13.9. The highest BCUT2D eigenvalue weighted by Crippen LogP contribution is 2.37. The fourth-order valence-corrected chi connectivity index (χ4v) is 1.94. The van der Waals surface area contributed by atoms with Crippen LogP contribution < -0.4 is 4.74 Å². The second kappa shape index (κ2) is 5.25. The average molecular weight is 262 g/mol. The first-order valence-electron chi connectivity index (χ1n) is 6.77. The maximum Gasteiger partial charge on any atom is 0.176 e. The van der Waals surface area contributed by atoms with Gasteiger partial charge in [-0.05, 0) is 24.0 Å². The molecular weight excluding hydrogens is 240 g/mol. The third kappa shape index (κ3) is 2.92. The van der Waals surface area contributed by atoms with Gasteiger partial charge in [-0.1, -0.05) is 39.8 Å². The number of hydrogen-bond donors (Lipinski definition) is 1. The third-order valence-electron chi connectivity index (χ3n) is 3.08. The molecule has 0 aliphatic rings. The van der Waals surface area contributed by atoms with E-state index in [1.54, 1.807) is 0 Å². The van der Waals surface area contributed by atoms with Crippen molar-refractivity contribution < 1.29 is 14.3 Å². The molecule has 1 heterocycles. The molecule has 0 fully saturated rings. The minimum Gasteiger partial charge on any atom is -0.490 e. The number of furan rings is 1. The molecule has 2 aromatic rings. The molecule has 1 unspecified atom stereocenters. The maximum absolute atomic E-state index is 10.3. The minimum absolute atomic E-state index is 0.252. The standard InChI is InChI=1S/C16H22O3/c1-5-9-18-12-8-6-7-11-10-13(19-14(11)12)15(17)16(2,3)4/h6-8,10,15,17H,5,9H2,1-4H3. The zero-order valence-electron chi connectivity index (χ0n) is 12.1. The highest BCUT2D eigenvalue weighted by Gasteiger charge is 2.27. The van der Waals surface area contributed by atoms with Gasteiger partial charge < -0.3 is 14.3 Å². The van der Waals surface area contributed by atoms with Crippen LogP contribution in [-0.4, -0.2) is 11.7 Å². The Hall–Kier alpha value is -1.48. The molecule has 3 heteroatoms. The summed E-state index contributed by atoms with van der Waals surface area (Å²) in [6.45, 7) is 8.69. The zero-order valence-corrected chi connectivity index (χ0v) is 12.1.